The summed E-state index contributed by atoms with van der Waals surface area (Å²) in [7, 11) is 0. The lowest BCUT2D eigenvalue weighted by atomic mass is 10.1. The highest BCUT2D eigenvalue weighted by atomic mass is 32.2. The minimum atomic E-state index is -0.211. The van der Waals surface area contributed by atoms with Gasteiger partial charge in [-0.25, -0.2) is 0 Å². The van der Waals surface area contributed by atoms with E-state index in [-0.39, 0.29) is 11.8 Å². The molecule has 0 aliphatic carbocycles. The molecule has 120 valence electrons. The average molecular weight is 348 g/mol. The van der Waals surface area contributed by atoms with Crippen LogP contribution in [-0.4, -0.2) is 39.7 Å². The van der Waals surface area contributed by atoms with E-state index in [1.165, 1.54) is 23.1 Å². The van der Waals surface area contributed by atoms with Crippen LogP contribution in [-0.2, 0) is 11.3 Å². The molecule has 1 saturated heterocycles. The Morgan fingerprint density at radius 3 is 2.74 bits per heavy atom. The molecular formula is C15H16N4O2S2. The first kappa shape index (κ1) is 15.9. The molecule has 0 radical (unpaired) electrons. The normalized spacial score (nSPS) is 14.3. The molecule has 6 nitrogen and oxygen atoms in total. The number of nitrogens with zero attached hydrogens (tertiary/aromatic N) is 3. The van der Waals surface area contributed by atoms with Gasteiger partial charge in [-0.3, -0.25) is 14.9 Å². The molecule has 23 heavy (non-hydrogen) atoms. The summed E-state index contributed by atoms with van der Waals surface area (Å²) in [6.07, 6.45) is 3.48. The summed E-state index contributed by atoms with van der Waals surface area (Å²) in [4.78, 5) is 25.7. The molecule has 1 N–H and O–H groups in total. The van der Waals surface area contributed by atoms with E-state index in [0.717, 1.165) is 22.9 Å². The summed E-state index contributed by atoms with van der Waals surface area (Å²) >= 11 is 2.84. The Balaban J connectivity index is 1.61. The Kier molecular flexibility index (Phi) is 4.92. The van der Waals surface area contributed by atoms with Crippen LogP contribution in [0.5, 0.6) is 0 Å². The summed E-state index contributed by atoms with van der Waals surface area (Å²) in [5.41, 5.74) is 1.58. The molecule has 0 bridgehead atoms. The summed E-state index contributed by atoms with van der Waals surface area (Å²) in [6, 6.07) is 7.30. The Morgan fingerprint density at radius 2 is 2.13 bits per heavy atom. The van der Waals surface area contributed by atoms with Crippen LogP contribution < -0.4 is 5.32 Å². The smallest absolute Gasteiger partial charge is 0.257 e. The minimum Gasteiger partial charge on any atom is -0.338 e. The number of carbonyl (C=O) groups excluding carboxylic acids is 2. The molecule has 1 fully saturated rings. The van der Waals surface area contributed by atoms with Gasteiger partial charge in [0.15, 0.2) is 4.34 Å². The molecule has 1 aromatic carbocycles. The number of rotatable bonds is 5. The maximum atomic E-state index is 12.2. The number of amides is 2. The standard InChI is InChI=1S/C15H16N4O2S2/c1-22-15-18-17-14(23-15)16-13(21)11-6-4-10(5-7-11)9-19-8-2-3-12(19)20/h4-7H,2-3,8-9H2,1H3,(H,16,17,21). The third kappa shape index (κ3) is 3.89. The van der Waals surface area contributed by atoms with Crippen LogP contribution in [0.1, 0.15) is 28.8 Å². The third-order valence-electron chi connectivity index (χ3n) is 3.56. The lowest BCUT2D eigenvalue weighted by Gasteiger charge is -2.15. The number of nitrogens with one attached hydrogen (secondary N) is 1. The van der Waals surface area contributed by atoms with Crippen LogP contribution in [0, 0.1) is 0 Å². The van der Waals surface area contributed by atoms with Crippen molar-refractivity contribution >= 4 is 40.0 Å². The second-order valence-electron chi connectivity index (χ2n) is 5.15. The average Bonchev–Trinajstić information content (AvgIpc) is 3.17. The molecule has 2 aromatic rings. The van der Waals surface area contributed by atoms with Gasteiger partial charge in [0.2, 0.25) is 11.0 Å². The second kappa shape index (κ2) is 7.10. The van der Waals surface area contributed by atoms with Crippen molar-refractivity contribution < 1.29 is 9.59 Å². The highest BCUT2D eigenvalue weighted by molar-refractivity contribution is 8.00. The van der Waals surface area contributed by atoms with Crippen molar-refractivity contribution in [2.75, 3.05) is 18.1 Å². The van der Waals surface area contributed by atoms with Crippen molar-refractivity contribution in [3.8, 4) is 0 Å². The highest BCUT2D eigenvalue weighted by Crippen LogP contribution is 2.23. The van der Waals surface area contributed by atoms with Gasteiger partial charge < -0.3 is 4.90 Å². The molecular weight excluding hydrogens is 332 g/mol. The fraction of sp³-hybridized carbons (Fsp3) is 0.333. The van der Waals surface area contributed by atoms with Crippen LogP contribution in [0.3, 0.4) is 0 Å². The number of thioether (sulfide) groups is 1. The maximum Gasteiger partial charge on any atom is 0.257 e. The van der Waals surface area contributed by atoms with E-state index >= 15 is 0 Å². The van der Waals surface area contributed by atoms with Crippen molar-refractivity contribution in [2.45, 2.75) is 23.7 Å². The predicted octanol–water partition coefficient (Wildman–Crippen LogP) is 2.63. The van der Waals surface area contributed by atoms with Gasteiger partial charge in [-0.2, -0.15) is 0 Å². The Morgan fingerprint density at radius 1 is 1.35 bits per heavy atom. The molecule has 0 unspecified atom stereocenters. The first-order valence-electron chi connectivity index (χ1n) is 7.21. The summed E-state index contributed by atoms with van der Waals surface area (Å²) in [6.45, 7) is 1.42. The van der Waals surface area contributed by atoms with E-state index in [1.54, 1.807) is 12.1 Å². The molecule has 2 heterocycles. The molecule has 2 amide bonds. The number of carbonyl (C=O) groups is 2. The monoisotopic (exact) mass is 348 g/mol. The molecule has 0 spiro atoms. The molecule has 3 rings (SSSR count). The summed E-state index contributed by atoms with van der Waals surface area (Å²) in [5.74, 6) is -0.00899. The zero-order valence-corrected chi connectivity index (χ0v) is 14.2. The lowest BCUT2D eigenvalue weighted by molar-refractivity contribution is -0.128. The Labute approximate surface area is 142 Å². The SMILES string of the molecule is CSc1nnc(NC(=O)c2ccc(CN3CCCC3=O)cc2)s1. The molecule has 1 aliphatic heterocycles. The highest BCUT2D eigenvalue weighted by Gasteiger charge is 2.20. The molecule has 1 aromatic heterocycles. The fourth-order valence-corrected chi connectivity index (χ4v) is 3.53. The first-order valence-corrected chi connectivity index (χ1v) is 9.25. The summed E-state index contributed by atoms with van der Waals surface area (Å²) < 4.78 is 0.811. The van der Waals surface area contributed by atoms with Crippen molar-refractivity contribution in [1.82, 2.24) is 15.1 Å². The molecule has 1 aliphatic rings. The van der Waals surface area contributed by atoms with Crippen molar-refractivity contribution in [2.24, 2.45) is 0 Å². The van der Waals surface area contributed by atoms with Crippen molar-refractivity contribution in [1.29, 1.82) is 0 Å². The number of hydrogen-bond donors (Lipinski definition) is 1. The van der Waals surface area contributed by atoms with E-state index in [9.17, 15) is 9.59 Å². The second-order valence-corrected chi connectivity index (χ2v) is 7.18. The lowest BCUT2D eigenvalue weighted by Crippen LogP contribution is -2.23. The number of aromatic nitrogens is 2. The van der Waals surface area contributed by atoms with Gasteiger partial charge in [0.05, 0.1) is 0 Å². The predicted molar refractivity (Wildman–Crippen MR) is 90.7 cm³/mol. The molecule has 0 atom stereocenters. The van der Waals surface area contributed by atoms with E-state index in [4.69, 9.17) is 0 Å². The largest absolute Gasteiger partial charge is 0.338 e. The first-order chi connectivity index (χ1) is 11.2. The number of anilines is 1. The van der Waals surface area contributed by atoms with Gasteiger partial charge in [-0.05, 0) is 30.4 Å². The van der Waals surface area contributed by atoms with E-state index in [2.05, 4.69) is 15.5 Å². The number of benzene rings is 1. The van der Waals surface area contributed by atoms with Gasteiger partial charge in [0.1, 0.15) is 0 Å². The Hall–Kier alpha value is -1.93. The number of likely N-dealkylation sites (tertiary alicyclic amines) is 1. The fourth-order valence-electron chi connectivity index (χ4n) is 2.37. The minimum absolute atomic E-state index is 0.202. The topological polar surface area (TPSA) is 75.2 Å². The van der Waals surface area contributed by atoms with Crippen LogP contribution in [0.15, 0.2) is 28.6 Å². The third-order valence-corrected chi connectivity index (χ3v) is 5.38. The Bertz CT molecular complexity index is 715. The zero-order valence-electron chi connectivity index (χ0n) is 12.6. The number of hydrogen-bond acceptors (Lipinski definition) is 6. The van der Waals surface area contributed by atoms with Gasteiger partial charge in [0, 0.05) is 25.1 Å². The van der Waals surface area contributed by atoms with Crippen LogP contribution in [0.2, 0.25) is 0 Å². The van der Waals surface area contributed by atoms with E-state index in [1.807, 2.05) is 23.3 Å². The van der Waals surface area contributed by atoms with Gasteiger partial charge >= 0.3 is 0 Å². The van der Waals surface area contributed by atoms with Crippen LogP contribution >= 0.6 is 23.1 Å². The summed E-state index contributed by atoms with van der Waals surface area (Å²) in [5, 5.41) is 11.1. The van der Waals surface area contributed by atoms with Gasteiger partial charge in [-0.15, -0.1) is 10.2 Å². The van der Waals surface area contributed by atoms with Gasteiger partial charge in [0.25, 0.3) is 5.91 Å². The molecule has 0 saturated carbocycles. The van der Waals surface area contributed by atoms with Gasteiger partial charge in [-0.1, -0.05) is 35.2 Å². The maximum absolute atomic E-state index is 12.2. The van der Waals surface area contributed by atoms with Crippen molar-refractivity contribution in [3.63, 3.8) is 0 Å². The van der Waals surface area contributed by atoms with Crippen molar-refractivity contribution in [3.05, 3.63) is 35.4 Å². The van der Waals surface area contributed by atoms with E-state index < -0.39 is 0 Å². The van der Waals surface area contributed by atoms with Crippen LogP contribution in [0.25, 0.3) is 0 Å². The van der Waals surface area contributed by atoms with E-state index in [0.29, 0.717) is 23.7 Å². The quantitative estimate of drug-likeness (QED) is 0.664. The molecule has 8 heteroatoms. The zero-order chi connectivity index (χ0) is 16.2. The van der Waals surface area contributed by atoms with Crippen LogP contribution in [0.4, 0.5) is 5.13 Å².